The molecule has 4 aromatic rings. The third kappa shape index (κ3) is 3.50. The fourth-order valence-electron chi connectivity index (χ4n) is 2.76. The molecule has 6 heteroatoms. The number of hydrogen-bond donors (Lipinski definition) is 1. The highest BCUT2D eigenvalue weighted by Gasteiger charge is 2.11. The number of pyridine rings is 1. The Morgan fingerprint density at radius 1 is 0.852 bits per heavy atom. The molecule has 0 aliphatic heterocycles. The van der Waals surface area contributed by atoms with Crippen molar-refractivity contribution in [1.82, 2.24) is 15.0 Å². The Kier molecular flexibility index (Phi) is 4.53. The smallest absolute Gasteiger partial charge is 0.163 e. The van der Waals surface area contributed by atoms with Crippen LogP contribution in [0.2, 0.25) is 0 Å². The Balaban J connectivity index is 1.83. The van der Waals surface area contributed by atoms with Crippen molar-refractivity contribution in [3.8, 4) is 22.9 Å². The summed E-state index contributed by atoms with van der Waals surface area (Å²) < 4.78 is 10.6. The van der Waals surface area contributed by atoms with Crippen molar-refractivity contribution < 1.29 is 9.47 Å². The van der Waals surface area contributed by atoms with Gasteiger partial charge < -0.3 is 14.8 Å². The van der Waals surface area contributed by atoms with Gasteiger partial charge in [-0.2, -0.15) is 0 Å². The molecule has 0 saturated heterocycles. The fourth-order valence-corrected chi connectivity index (χ4v) is 2.76. The lowest BCUT2D eigenvalue weighted by atomic mass is 10.2. The van der Waals surface area contributed by atoms with Crippen molar-refractivity contribution >= 4 is 22.4 Å². The van der Waals surface area contributed by atoms with Gasteiger partial charge >= 0.3 is 0 Å². The molecule has 134 valence electrons. The van der Waals surface area contributed by atoms with Crippen molar-refractivity contribution in [2.45, 2.75) is 0 Å². The van der Waals surface area contributed by atoms with E-state index in [0.29, 0.717) is 11.6 Å². The van der Waals surface area contributed by atoms with Gasteiger partial charge in [0.1, 0.15) is 17.3 Å². The third-order valence-corrected chi connectivity index (χ3v) is 4.18. The van der Waals surface area contributed by atoms with Gasteiger partial charge in [-0.3, -0.25) is 4.98 Å². The van der Waals surface area contributed by atoms with E-state index in [0.717, 1.165) is 33.7 Å². The number of fused-ring (bicyclic) bond motifs is 1. The quantitative estimate of drug-likeness (QED) is 0.568. The maximum absolute atomic E-state index is 5.36. The van der Waals surface area contributed by atoms with Crippen LogP contribution in [-0.4, -0.2) is 29.2 Å². The molecule has 0 amide bonds. The highest BCUT2D eigenvalue weighted by atomic mass is 16.5. The summed E-state index contributed by atoms with van der Waals surface area (Å²) in [5.41, 5.74) is 2.57. The Hall–Kier alpha value is -3.67. The van der Waals surface area contributed by atoms with Crippen molar-refractivity contribution in [3.63, 3.8) is 0 Å². The van der Waals surface area contributed by atoms with Gasteiger partial charge in [-0.25, -0.2) is 9.97 Å². The van der Waals surface area contributed by atoms with Crippen LogP contribution in [0.4, 0.5) is 11.5 Å². The summed E-state index contributed by atoms with van der Waals surface area (Å²) >= 11 is 0. The number of aromatic nitrogens is 3. The van der Waals surface area contributed by atoms with Crippen LogP contribution in [0.3, 0.4) is 0 Å². The number of anilines is 2. The minimum Gasteiger partial charge on any atom is -0.497 e. The second kappa shape index (κ2) is 7.29. The lowest BCUT2D eigenvalue weighted by molar-refractivity contribution is 0.415. The first-order valence-electron chi connectivity index (χ1n) is 8.44. The van der Waals surface area contributed by atoms with Crippen LogP contribution in [-0.2, 0) is 0 Å². The number of benzene rings is 2. The van der Waals surface area contributed by atoms with Crippen LogP contribution in [0, 0.1) is 0 Å². The van der Waals surface area contributed by atoms with Crippen LogP contribution in [0.5, 0.6) is 11.5 Å². The molecular weight excluding hydrogens is 340 g/mol. The lowest BCUT2D eigenvalue weighted by Gasteiger charge is -2.12. The topological polar surface area (TPSA) is 69.2 Å². The average Bonchev–Trinajstić information content (AvgIpc) is 2.74. The molecule has 0 atom stereocenters. The van der Waals surface area contributed by atoms with Crippen molar-refractivity contribution in [1.29, 1.82) is 0 Å². The van der Waals surface area contributed by atoms with Crippen molar-refractivity contribution in [2.24, 2.45) is 0 Å². The van der Waals surface area contributed by atoms with E-state index in [2.05, 4.69) is 15.3 Å². The van der Waals surface area contributed by atoms with Crippen LogP contribution in [0.15, 0.2) is 67.0 Å². The second-order valence-corrected chi connectivity index (χ2v) is 5.87. The zero-order valence-electron chi connectivity index (χ0n) is 15.0. The van der Waals surface area contributed by atoms with E-state index in [9.17, 15) is 0 Å². The molecular formula is C21H18N4O2. The lowest BCUT2D eigenvalue weighted by Crippen LogP contribution is -2.00. The molecule has 0 fully saturated rings. The molecule has 2 heterocycles. The van der Waals surface area contributed by atoms with Crippen LogP contribution < -0.4 is 14.8 Å². The summed E-state index contributed by atoms with van der Waals surface area (Å²) in [4.78, 5) is 13.6. The molecule has 27 heavy (non-hydrogen) atoms. The first-order chi connectivity index (χ1) is 13.3. The largest absolute Gasteiger partial charge is 0.497 e. The highest BCUT2D eigenvalue weighted by molar-refractivity contribution is 5.93. The van der Waals surface area contributed by atoms with Crippen molar-refractivity contribution in [2.75, 3.05) is 19.5 Å². The van der Waals surface area contributed by atoms with E-state index in [1.807, 2.05) is 54.6 Å². The van der Waals surface area contributed by atoms with E-state index in [1.54, 1.807) is 26.6 Å². The predicted molar refractivity (Wildman–Crippen MR) is 106 cm³/mol. The molecule has 0 spiro atoms. The number of rotatable bonds is 5. The van der Waals surface area contributed by atoms with Crippen LogP contribution in [0.25, 0.3) is 22.3 Å². The maximum Gasteiger partial charge on any atom is 0.163 e. The van der Waals surface area contributed by atoms with E-state index in [4.69, 9.17) is 14.5 Å². The van der Waals surface area contributed by atoms with Gasteiger partial charge in [-0.15, -0.1) is 0 Å². The minimum atomic E-state index is 0.608. The molecule has 0 unspecified atom stereocenters. The van der Waals surface area contributed by atoms with E-state index < -0.39 is 0 Å². The zero-order valence-corrected chi connectivity index (χ0v) is 15.0. The standard InChI is InChI=1S/C21H18N4O2/c1-26-16-7-5-15(6-8-16)23-21-18-12-17(27-2)9-10-19(18)24-20(25-21)14-4-3-11-22-13-14/h3-13H,1-2H3,(H,23,24,25). The number of ether oxygens (including phenoxy) is 2. The Labute approximate surface area is 156 Å². The third-order valence-electron chi connectivity index (χ3n) is 4.18. The first-order valence-corrected chi connectivity index (χ1v) is 8.44. The normalized spacial score (nSPS) is 10.6. The molecule has 0 saturated carbocycles. The fraction of sp³-hybridized carbons (Fsp3) is 0.0952. The summed E-state index contributed by atoms with van der Waals surface area (Å²) in [5, 5.41) is 4.25. The van der Waals surface area contributed by atoms with E-state index in [1.165, 1.54) is 0 Å². The molecule has 0 aliphatic rings. The number of methoxy groups -OCH3 is 2. The predicted octanol–water partition coefficient (Wildman–Crippen LogP) is 4.45. The minimum absolute atomic E-state index is 0.608. The number of nitrogens with zero attached hydrogens (tertiary/aromatic N) is 3. The molecule has 6 nitrogen and oxygen atoms in total. The molecule has 0 radical (unpaired) electrons. The van der Waals surface area contributed by atoms with Gasteiger partial charge in [0.15, 0.2) is 5.82 Å². The summed E-state index contributed by atoms with van der Waals surface area (Å²) in [6.07, 6.45) is 3.48. The van der Waals surface area contributed by atoms with Crippen molar-refractivity contribution in [3.05, 3.63) is 67.0 Å². The second-order valence-electron chi connectivity index (χ2n) is 5.87. The summed E-state index contributed by atoms with van der Waals surface area (Å²) in [6, 6.07) is 17.2. The highest BCUT2D eigenvalue weighted by Crippen LogP contribution is 2.30. The van der Waals surface area contributed by atoms with Gasteiger partial charge in [0.25, 0.3) is 0 Å². The van der Waals surface area contributed by atoms with Gasteiger partial charge in [0.05, 0.1) is 19.7 Å². The molecule has 0 aliphatic carbocycles. The van der Waals surface area contributed by atoms with E-state index in [-0.39, 0.29) is 0 Å². The molecule has 4 rings (SSSR count). The molecule has 2 aromatic heterocycles. The van der Waals surface area contributed by atoms with Crippen LogP contribution in [0.1, 0.15) is 0 Å². The molecule has 2 aromatic carbocycles. The first kappa shape index (κ1) is 16.8. The number of nitrogens with one attached hydrogen (secondary N) is 1. The average molecular weight is 358 g/mol. The SMILES string of the molecule is COc1ccc(Nc2nc(-c3cccnc3)nc3ccc(OC)cc23)cc1. The maximum atomic E-state index is 5.36. The monoisotopic (exact) mass is 358 g/mol. The van der Waals surface area contributed by atoms with Gasteiger partial charge in [0.2, 0.25) is 0 Å². The van der Waals surface area contributed by atoms with E-state index >= 15 is 0 Å². The summed E-state index contributed by atoms with van der Waals surface area (Å²) in [7, 11) is 3.29. The molecule has 0 bridgehead atoms. The molecule has 1 N–H and O–H groups in total. The van der Waals surface area contributed by atoms with Gasteiger partial charge in [-0.05, 0) is 54.6 Å². The van der Waals surface area contributed by atoms with Gasteiger partial charge in [-0.1, -0.05) is 0 Å². The van der Waals surface area contributed by atoms with Gasteiger partial charge in [0, 0.05) is 29.0 Å². The summed E-state index contributed by atoms with van der Waals surface area (Å²) in [6.45, 7) is 0. The Bertz CT molecular complexity index is 1070. The Morgan fingerprint density at radius 3 is 2.33 bits per heavy atom. The van der Waals surface area contributed by atoms with Crippen LogP contribution >= 0.6 is 0 Å². The summed E-state index contributed by atoms with van der Waals surface area (Å²) in [5.74, 6) is 2.85. The Morgan fingerprint density at radius 2 is 1.63 bits per heavy atom. The zero-order chi connectivity index (χ0) is 18.6. The number of hydrogen-bond acceptors (Lipinski definition) is 6.